The van der Waals surface area contributed by atoms with E-state index in [1.54, 1.807) is 6.92 Å². The van der Waals surface area contributed by atoms with Gasteiger partial charge in [-0.3, -0.25) is 10.1 Å². The van der Waals surface area contributed by atoms with E-state index in [1.807, 2.05) is 0 Å². The van der Waals surface area contributed by atoms with Crippen molar-refractivity contribution in [2.75, 3.05) is 19.0 Å². The molecule has 7 heteroatoms. The van der Waals surface area contributed by atoms with E-state index in [0.29, 0.717) is 12.4 Å². The molecule has 3 N–H and O–H groups in total. The number of rotatable bonds is 5. The highest BCUT2D eigenvalue weighted by molar-refractivity contribution is 5.57. The van der Waals surface area contributed by atoms with Crippen molar-refractivity contribution in [1.82, 2.24) is 4.98 Å². The second kappa shape index (κ2) is 5.26. The molecular weight excluding hydrogens is 212 g/mol. The third kappa shape index (κ3) is 3.06. The second-order valence-electron chi connectivity index (χ2n) is 3.34. The molecule has 88 valence electrons. The number of hydrogen-bond donors (Lipinski definition) is 2. The molecule has 0 radical (unpaired) electrons. The topological polar surface area (TPSA) is 103 Å². The summed E-state index contributed by atoms with van der Waals surface area (Å²) in [6.45, 7) is 2.19. The van der Waals surface area contributed by atoms with E-state index in [4.69, 9.17) is 10.5 Å². The number of hydrogen-bond acceptors (Lipinski definition) is 6. The Morgan fingerprint density at radius 1 is 1.69 bits per heavy atom. The van der Waals surface area contributed by atoms with Crippen molar-refractivity contribution in [3.05, 3.63) is 22.2 Å². The van der Waals surface area contributed by atoms with Crippen LogP contribution >= 0.6 is 0 Å². The van der Waals surface area contributed by atoms with E-state index in [2.05, 4.69) is 10.3 Å². The molecule has 0 aromatic carbocycles. The molecule has 1 rings (SSSR count). The molecule has 0 amide bonds. The Morgan fingerprint density at radius 3 is 2.88 bits per heavy atom. The Balaban J connectivity index is 2.96. The standard InChI is InChI=1S/C9H14N4O3/c1-6(10)5-11-9-7(13(14)15)3-4-8(12-9)16-2/h3-4,6H,5,10H2,1-2H3,(H,11,12). The van der Waals surface area contributed by atoms with Crippen LogP contribution in [-0.4, -0.2) is 29.6 Å². The predicted octanol–water partition coefficient (Wildman–Crippen LogP) is 0.757. The molecule has 0 spiro atoms. The zero-order valence-electron chi connectivity index (χ0n) is 9.14. The molecule has 1 unspecified atom stereocenters. The van der Waals surface area contributed by atoms with E-state index < -0.39 is 4.92 Å². The van der Waals surface area contributed by atoms with Crippen LogP contribution in [0.3, 0.4) is 0 Å². The molecule has 0 aliphatic carbocycles. The van der Waals surface area contributed by atoms with Crippen molar-refractivity contribution in [2.24, 2.45) is 5.73 Å². The van der Waals surface area contributed by atoms with Gasteiger partial charge < -0.3 is 15.8 Å². The number of pyridine rings is 1. The Hall–Kier alpha value is -1.89. The predicted molar refractivity (Wildman–Crippen MR) is 59.6 cm³/mol. The van der Waals surface area contributed by atoms with E-state index >= 15 is 0 Å². The van der Waals surface area contributed by atoms with E-state index in [1.165, 1.54) is 19.2 Å². The van der Waals surface area contributed by atoms with Crippen molar-refractivity contribution < 1.29 is 9.66 Å². The summed E-state index contributed by atoms with van der Waals surface area (Å²) in [6.07, 6.45) is 0. The van der Waals surface area contributed by atoms with Gasteiger partial charge in [0.15, 0.2) is 0 Å². The van der Waals surface area contributed by atoms with Crippen LogP contribution in [0.15, 0.2) is 12.1 Å². The molecule has 1 atom stereocenters. The van der Waals surface area contributed by atoms with Crippen molar-refractivity contribution in [3.63, 3.8) is 0 Å². The molecule has 16 heavy (non-hydrogen) atoms. The number of nitrogens with one attached hydrogen (secondary N) is 1. The normalized spacial score (nSPS) is 11.9. The lowest BCUT2D eigenvalue weighted by Crippen LogP contribution is -2.25. The van der Waals surface area contributed by atoms with E-state index in [-0.39, 0.29) is 17.5 Å². The molecule has 0 fully saturated rings. The van der Waals surface area contributed by atoms with Crippen LogP contribution < -0.4 is 15.8 Å². The summed E-state index contributed by atoms with van der Waals surface area (Å²) < 4.78 is 4.89. The fraction of sp³-hybridized carbons (Fsp3) is 0.444. The van der Waals surface area contributed by atoms with Crippen molar-refractivity contribution >= 4 is 11.5 Å². The first kappa shape index (κ1) is 12.2. The summed E-state index contributed by atoms with van der Waals surface area (Å²) in [7, 11) is 1.45. The van der Waals surface area contributed by atoms with Crippen LogP contribution in [0.5, 0.6) is 5.88 Å². The van der Waals surface area contributed by atoms with Gasteiger partial charge in [0.2, 0.25) is 11.7 Å². The van der Waals surface area contributed by atoms with E-state index in [0.717, 1.165) is 0 Å². The van der Waals surface area contributed by atoms with Crippen molar-refractivity contribution in [3.8, 4) is 5.88 Å². The highest BCUT2D eigenvalue weighted by Gasteiger charge is 2.16. The highest BCUT2D eigenvalue weighted by atomic mass is 16.6. The SMILES string of the molecule is COc1ccc([N+](=O)[O-])c(NCC(C)N)n1. The van der Waals surface area contributed by atoms with Gasteiger partial charge in [-0.2, -0.15) is 4.98 Å². The number of anilines is 1. The molecule has 0 aliphatic heterocycles. The first-order chi connectivity index (χ1) is 7.54. The van der Waals surface area contributed by atoms with Gasteiger partial charge in [-0.25, -0.2) is 0 Å². The van der Waals surface area contributed by atoms with Crippen LogP contribution in [0.25, 0.3) is 0 Å². The van der Waals surface area contributed by atoms with Gasteiger partial charge >= 0.3 is 5.69 Å². The number of nitrogens with zero attached hydrogens (tertiary/aromatic N) is 2. The quantitative estimate of drug-likeness (QED) is 0.567. The van der Waals surface area contributed by atoms with Crippen LogP contribution in [0.1, 0.15) is 6.92 Å². The summed E-state index contributed by atoms with van der Waals surface area (Å²) in [4.78, 5) is 14.2. The first-order valence-corrected chi connectivity index (χ1v) is 4.73. The van der Waals surface area contributed by atoms with Gasteiger partial charge in [-0.1, -0.05) is 0 Å². The summed E-state index contributed by atoms with van der Waals surface area (Å²) in [5.74, 6) is 0.486. The molecular formula is C9H14N4O3. The lowest BCUT2D eigenvalue weighted by molar-refractivity contribution is -0.384. The number of nitro groups is 1. The minimum absolute atomic E-state index is 0.0959. The first-order valence-electron chi connectivity index (χ1n) is 4.73. The smallest absolute Gasteiger partial charge is 0.311 e. The lowest BCUT2D eigenvalue weighted by atomic mass is 10.3. The molecule has 7 nitrogen and oxygen atoms in total. The maximum absolute atomic E-state index is 10.7. The Labute approximate surface area is 92.8 Å². The molecule has 1 aromatic rings. The molecule has 0 bridgehead atoms. The Kier molecular flexibility index (Phi) is 4.01. The number of ether oxygens (including phenoxy) is 1. The van der Waals surface area contributed by atoms with E-state index in [9.17, 15) is 10.1 Å². The molecule has 0 saturated heterocycles. The third-order valence-corrected chi connectivity index (χ3v) is 1.85. The zero-order valence-corrected chi connectivity index (χ0v) is 9.14. The fourth-order valence-corrected chi connectivity index (χ4v) is 1.08. The summed E-state index contributed by atoms with van der Waals surface area (Å²) in [5.41, 5.74) is 5.45. The molecule has 0 saturated carbocycles. The molecule has 0 aliphatic rings. The average molecular weight is 226 g/mol. The minimum Gasteiger partial charge on any atom is -0.481 e. The third-order valence-electron chi connectivity index (χ3n) is 1.85. The molecule has 1 aromatic heterocycles. The van der Waals surface area contributed by atoms with Crippen LogP contribution in [0.2, 0.25) is 0 Å². The number of aromatic nitrogens is 1. The highest BCUT2D eigenvalue weighted by Crippen LogP contribution is 2.24. The summed E-state index contributed by atoms with van der Waals surface area (Å²) in [6, 6.07) is 2.66. The molecule has 1 heterocycles. The lowest BCUT2D eigenvalue weighted by Gasteiger charge is -2.09. The summed E-state index contributed by atoms with van der Waals surface area (Å²) >= 11 is 0. The fourth-order valence-electron chi connectivity index (χ4n) is 1.08. The number of methoxy groups -OCH3 is 1. The second-order valence-corrected chi connectivity index (χ2v) is 3.34. The number of nitrogens with two attached hydrogens (primary N) is 1. The average Bonchev–Trinajstić information content (AvgIpc) is 2.25. The Morgan fingerprint density at radius 2 is 2.38 bits per heavy atom. The Bertz CT molecular complexity index is 381. The van der Waals surface area contributed by atoms with Gasteiger partial charge in [0, 0.05) is 24.7 Å². The largest absolute Gasteiger partial charge is 0.481 e. The van der Waals surface area contributed by atoms with Gasteiger partial charge in [-0.15, -0.1) is 0 Å². The monoisotopic (exact) mass is 226 g/mol. The van der Waals surface area contributed by atoms with Gasteiger partial charge in [0.25, 0.3) is 0 Å². The van der Waals surface area contributed by atoms with Crippen LogP contribution in [0.4, 0.5) is 11.5 Å². The van der Waals surface area contributed by atoms with Gasteiger partial charge in [0.1, 0.15) is 0 Å². The van der Waals surface area contributed by atoms with Crippen LogP contribution in [-0.2, 0) is 0 Å². The zero-order chi connectivity index (χ0) is 12.1. The maximum Gasteiger partial charge on any atom is 0.311 e. The van der Waals surface area contributed by atoms with Gasteiger partial charge in [0.05, 0.1) is 12.0 Å². The van der Waals surface area contributed by atoms with Gasteiger partial charge in [-0.05, 0) is 6.92 Å². The minimum atomic E-state index is -0.504. The summed E-state index contributed by atoms with van der Waals surface area (Å²) in [5, 5.41) is 13.5. The van der Waals surface area contributed by atoms with Crippen LogP contribution in [0, 0.1) is 10.1 Å². The van der Waals surface area contributed by atoms with Crippen molar-refractivity contribution in [1.29, 1.82) is 0 Å². The van der Waals surface area contributed by atoms with Crippen molar-refractivity contribution in [2.45, 2.75) is 13.0 Å². The maximum atomic E-state index is 10.7.